The third-order valence-electron chi connectivity index (χ3n) is 2.50. The van der Waals surface area contributed by atoms with Gasteiger partial charge in [-0.1, -0.05) is 24.2 Å². The lowest BCUT2D eigenvalue weighted by atomic mass is 10.2. The van der Waals surface area contributed by atoms with E-state index in [0.717, 1.165) is 18.5 Å². The molecule has 1 unspecified atom stereocenters. The summed E-state index contributed by atoms with van der Waals surface area (Å²) in [5.41, 5.74) is 6.64. The summed E-state index contributed by atoms with van der Waals surface area (Å²) < 4.78 is 6.73. The summed E-state index contributed by atoms with van der Waals surface area (Å²) in [6.45, 7) is 4.41. The fraction of sp³-hybridized carbons (Fsp3) is 0.600. The SMILES string of the molecule is CCc1noc(Cn2cc(C(N)CC)nn2)n1. The van der Waals surface area contributed by atoms with Crippen LogP contribution in [0.15, 0.2) is 10.7 Å². The number of nitrogens with two attached hydrogens (primary N) is 1. The van der Waals surface area contributed by atoms with E-state index < -0.39 is 0 Å². The van der Waals surface area contributed by atoms with Crippen LogP contribution in [0.3, 0.4) is 0 Å². The summed E-state index contributed by atoms with van der Waals surface area (Å²) >= 11 is 0. The predicted molar refractivity (Wildman–Crippen MR) is 60.0 cm³/mol. The minimum atomic E-state index is -0.0716. The van der Waals surface area contributed by atoms with Crippen molar-refractivity contribution < 1.29 is 4.52 Å². The van der Waals surface area contributed by atoms with E-state index >= 15 is 0 Å². The molecule has 0 aliphatic carbocycles. The van der Waals surface area contributed by atoms with Gasteiger partial charge < -0.3 is 10.3 Å². The third-order valence-corrected chi connectivity index (χ3v) is 2.50. The van der Waals surface area contributed by atoms with E-state index in [-0.39, 0.29) is 6.04 Å². The van der Waals surface area contributed by atoms with Gasteiger partial charge in [-0.2, -0.15) is 4.98 Å². The largest absolute Gasteiger partial charge is 0.337 e. The van der Waals surface area contributed by atoms with Gasteiger partial charge in [0.2, 0.25) is 5.89 Å². The van der Waals surface area contributed by atoms with Gasteiger partial charge in [-0.05, 0) is 6.42 Å². The Bertz CT molecular complexity index is 477. The highest BCUT2D eigenvalue weighted by Gasteiger charge is 2.10. The van der Waals surface area contributed by atoms with Crippen LogP contribution in [0.4, 0.5) is 0 Å². The number of rotatable bonds is 5. The van der Waals surface area contributed by atoms with Crippen molar-refractivity contribution in [1.82, 2.24) is 25.1 Å². The maximum Gasteiger partial charge on any atom is 0.248 e. The second kappa shape index (κ2) is 5.05. The molecule has 0 saturated heterocycles. The molecule has 0 radical (unpaired) electrons. The van der Waals surface area contributed by atoms with Crippen molar-refractivity contribution in [2.24, 2.45) is 5.73 Å². The molecule has 2 aromatic heterocycles. The van der Waals surface area contributed by atoms with Gasteiger partial charge in [0.05, 0.1) is 17.9 Å². The van der Waals surface area contributed by atoms with Gasteiger partial charge in [-0.15, -0.1) is 5.10 Å². The Morgan fingerprint density at radius 2 is 2.29 bits per heavy atom. The first-order chi connectivity index (χ1) is 8.22. The van der Waals surface area contributed by atoms with E-state index in [1.165, 1.54) is 0 Å². The lowest BCUT2D eigenvalue weighted by molar-refractivity contribution is 0.360. The van der Waals surface area contributed by atoms with E-state index in [9.17, 15) is 0 Å². The summed E-state index contributed by atoms with van der Waals surface area (Å²) in [4.78, 5) is 4.20. The van der Waals surface area contributed by atoms with E-state index in [2.05, 4.69) is 20.5 Å². The third kappa shape index (κ3) is 2.68. The molecular formula is C10H16N6O. The van der Waals surface area contributed by atoms with Crippen LogP contribution in [0.1, 0.15) is 43.7 Å². The molecule has 2 N–H and O–H groups in total. The second-order valence-corrected chi connectivity index (χ2v) is 3.81. The Morgan fingerprint density at radius 1 is 1.47 bits per heavy atom. The van der Waals surface area contributed by atoms with Crippen LogP contribution in [-0.2, 0) is 13.0 Å². The first-order valence-electron chi connectivity index (χ1n) is 5.70. The first-order valence-corrected chi connectivity index (χ1v) is 5.70. The molecule has 92 valence electrons. The van der Waals surface area contributed by atoms with Crippen LogP contribution in [0.5, 0.6) is 0 Å². The second-order valence-electron chi connectivity index (χ2n) is 3.81. The summed E-state index contributed by atoms with van der Waals surface area (Å²) in [5.74, 6) is 1.23. The zero-order chi connectivity index (χ0) is 12.3. The van der Waals surface area contributed by atoms with Crippen molar-refractivity contribution in [3.63, 3.8) is 0 Å². The average molecular weight is 236 g/mol. The van der Waals surface area contributed by atoms with Crippen molar-refractivity contribution in [3.8, 4) is 0 Å². The highest BCUT2D eigenvalue weighted by molar-refractivity contribution is 4.99. The van der Waals surface area contributed by atoms with Crippen LogP contribution in [-0.4, -0.2) is 25.1 Å². The van der Waals surface area contributed by atoms with E-state index in [1.54, 1.807) is 4.68 Å². The highest BCUT2D eigenvalue weighted by Crippen LogP contribution is 2.09. The van der Waals surface area contributed by atoms with Gasteiger partial charge in [0, 0.05) is 6.42 Å². The molecule has 0 bridgehead atoms. The number of aromatic nitrogens is 5. The molecule has 0 aliphatic rings. The van der Waals surface area contributed by atoms with Gasteiger partial charge >= 0.3 is 0 Å². The molecule has 0 fully saturated rings. The maximum absolute atomic E-state index is 5.86. The van der Waals surface area contributed by atoms with Crippen molar-refractivity contribution >= 4 is 0 Å². The van der Waals surface area contributed by atoms with Crippen molar-refractivity contribution in [2.45, 2.75) is 39.3 Å². The summed E-state index contributed by atoms with van der Waals surface area (Å²) in [6, 6.07) is -0.0716. The summed E-state index contributed by atoms with van der Waals surface area (Å²) in [6.07, 6.45) is 3.40. The Kier molecular flexibility index (Phi) is 3.48. The fourth-order valence-electron chi connectivity index (χ4n) is 1.41. The monoisotopic (exact) mass is 236 g/mol. The van der Waals surface area contributed by atoms with Gasteiger partial charge in [0.1, 0.15) is 6.54 Å². The lowest BCUT2D eigenvalue weighted by Gasteiger charge is -2.01. The van der Waals surface area contributed by atoms with E-state index in [1.807, 2.05) is 20.0 Å². The van der Waals surface area contributed by atoms with Crippen LogP contribution in [0, 0.1) is 0 Å². The Hall–Kier alpha value is -1.76. The first kappa shape index (κ1) is 11.7. The predicted octanol–water partition coefficient (Wildman–Crippen LogP) is 0.682. The zero-order valence-corrected chi connectivity index (χ0v) is 10.00. The molecule has 7 heteroatoms. The number of hydrogen-bond acceptors (Lipinski definition) is 6. The molecule has 0 amide bonds. The van der Waals surface area contributed by atoms with Gasteiger partial charge in [0.15, 0.2) is 5.82 Å². The van der Waals surface area contributed by atoms with Crippen LogP contribution < -0.4 is 5.73 Å². The molecule has 0 aromatic carbocycles. The molecule has 0 spiro atoms. The molecule has 2 heterocycles. The minimum Gasteiger partial charge on any atom is -0.337 e. The minimum absolute atomic E-state index is 0.0716. The average Bonchev–Trinajstić information content (AvgIpc) is 2.97. The molecule has 0 saturated carbocycles. The van der Waals surface area contributed by atoms with Crippen molar-refractivity contribution in [3.05, 3.63) is 23.6 Å². The molecule has 2 rings (SSSR count). The number of nitrogens with zero attached hydrogens (tertiary/aromatic N) is 5. The van der Waals surface area contributed by atoms with Crippen LogP contribution in [0.2, 0.25) is 0 Å². The van der Waals surface area contributed by atoms with Gasteiger partial charge in [-0.3, -0.25) is 0 Å². The Labute approximate surface area is 99.0 Å². The molecule has 0 aliphatic heterocycles. The highest BCUT2D eigenvalue weighted by atomic mass is 16.5. The fourth-order valence-corrected chi connectivity index (χ4v) is 1.41. The van der Waals surface area contributed by atoms with Crippen molar-refractivity contribution in [1.29, 1.82) is 0 Å². The van der Waals surface area contributed by atoms with Crippen molar-refractivity contribution in [2.75, 3.05) is 0 Å². The topological polar surface area (TPSA) is 95.7 Å². The smallest absolute Gasteiger partial charge is 0.248 e. The Morgan fingerprint density at radius 3 is 2.94 bits per heavy atom. The van der Waals surface area contributed by atoms with E-state index in [0.29, 0.717) is 18.3 Å². The standard InChI is InChI=1S/C10H16N6O/c1-3-7(11)8-5-16(15-13-8)6-10-12-9(4-2)14-17-10/h5,7H,3-4,6,11H2,1-2H3. The Balaban J connectivity index is 2.06. The number of aryl methyl sites for hydroxylation is 1. The van der Waals surface area contributed by atoms with Crippen LogP contribution in [0.25, 0.3) is 0 Å². The zero-order valence-electron chi connectivity index (χ0n) is 10.00. The molecule has 1 atom stereocenters. The van der Waals surface area contributed by atoms with Gasteiger partial charge in [-0.25, -0.2) is 4.68 Å². The number of hydrogen-bond donors (Lipinski definition) is 1. The molecular weight excluding hydrogens is 220 g/mol. The summed E-state index contributed by atoms with van der Waals surface area (Å²) in [5, 5.41) is 11.8. The molecule has 17 heavy (non-hydrogen) atoms. The maximum atomic E-state index is 5.86. The molecule has 2 aromatic rings. The summed E-state index contributed by atoms with van der Waals surface area (Å²) in [7, 11) is 0. The normalized spacial score (nSPS) is 12.9. The lowest BCUT2D eigenvalue weighted by Crippen LogP contribution is -2.08. The van der Waals surface area contributed by atoms with Gasteiger partial charge in [0.25, 0.3) is 0 Å². The quantitative estimate of drug-likeness (QED) is 0.820. The van der Waals surface area contributed by atoms with Crippen LogP contribution >= 0.6 is 0 Å². The van der Waals surface area contributed by atoms with E-state index in [4.69, 9.17) is 10.3 Å². The molecule has 7 nitrogen and oxygen atoms in total.